The molecule has 1 aliphatic heterocycles. The highest BCUT2D eigenvalue weighted by Crippen LogP contribution is 2.33. The number of nitrogens with zero attached hydrogens (tertiary/aromatic N) is 4. The van der Waals surface area contributed by atoms with Gasteiger partial charge >= 0.3 is 0 Å². The van der Waals surface area contributed by atoms with Gasteiger partial charge in [-0.05, 0) is 38.0 Å². The van der Waals surface area contributed by atoms with Crippen molar-refractivity contribution in [3.05, 3.63) is 59.8 Å². The quantitative estimate of drug-likeness (QED) is 0.555. The van der Waals surface area contributed by atoms with Crippen LogP contribution in [0.5, 0.6) is 0 Å². The van der Waals surface area contributed by atoms with E-state index < -0.39 is 0 Å². The number of hydrogen-bond donors (Lipinski definition) is 1. The van der Waals surface area contributed by atoms with Crippen molar-refractivity contribution in [2.45, 2.75) is 25.8 Å². The highest BCUT2D eigenvalue weighted by Gasteiger charge is 2.29. The smallest absolute Gasteiger partial charge is 0.256 e. The monoisotopic (exact) mass is 401 g/mol. The maximum Gasteiger partial charge on any atom is 0.256 e. The molecule has 1 N–H and O–H groups in total. The first-order valence-electron chi connectivity index (χ1n) is 10.6. The molecule has 1 fully saturated rings. The maximum atomic E-state index is 13.4. The molecule has 5 rings (SSSR count). The van der Waals surface area contributed by atoms with Crippen molar-refractivity contribution in [3.63, 3.8) is 0 Å². The number of piperidine rings is 1. The van der Waals surface area contributed by atoms with E-state index in [1.807, 2.05) is 56.3 Å². The van der Waals surface area contributed by atoms with Crippen molar-refractivity contribution >= 4 is 33.8 Å². The van der Waals surface area contributed by atoms with Gasteiger partial charge in [0.1, 0.15) is 0 Å². The first-order valence-corrected chi connectivity index (χ1v) is 10.6. The molecule has 6 heteroatoms. The lowest BCUT2D eigenvalue weighted by Crippen LogP contribution is -2.39. The van der Waals surface area contributed by atoms with E-state index in [1.165, 1.54) is 5.52 Å². The van der Waals surface area contributed by atoms with Gasteiger partial charge in [-0.15, -0.1) is 0 Å². The number of aromatic amines is 1. The zero-order chi connectivity index (χ0) is 20.8. The summed E-state index contributed by atoms with van der Waals surface area (Å²) >= 11 is 0. The van der Waals surface area contributed by atoms with Gasteiger partial charge in [-0.1, -0.05) is 30.3 Å². The van der Waals surface area contributed by atoms with Crippen LogP contribution in [0.1, 0.15) is 34.9 Å². The topological polar surface area (TPSA) is 57.2 Å². The molecule has 1 aliphatic rings. The first-order chi connectivity index (χ1) is 14.5. The fourth-order valence-electron chi connectivity index (χ4n) is 4.74. The van der Waals surface area contributed by atoms with Crippen LogP contribution in [0.25, 0.3) is 21.9 Å². The highest BCUT2D eigenvalue weighted by atomic mass is 16.2. The fraction of sp³-hybridized carbons (Fsp3) is 0.333. The molecule has 6 nitrogen and oxygen atoms in total. The molecule has 1 amide bonds. The summed E-state index contributed by atoms with van der Waals surface area (Å²) in [4.78, 5) is 25.6. The zero-order valence-electron chi connectivity index (χ0n) is 17.7. The zero-order valence-corrected chi connectivity index (χ0v) is 17.7. The van der Waals surface area contributed by atoms with Crippen LogP contribution in [0.15, 0.2) is 48.5 Å². The minimum absolute atomic E-state index is 0.131. The van der Waals surface area contributed by atoms with Crippen LogP contribution in [-0.2, 0) is 0 Å². The van der Waals surface area contributed by atoms with Crippen molar-refractivity contribution < 1.29 is 4.79 Å². The standard InChI is InChI=1S/C24H27N5O/c1-16-22(18-8-4-5-9-19(18)25-16)23(30)28-14-12-17(13-15-28)29-21-11-7-6-10-20(21)26-24(29)27(2)3/h4-11,17,25H,12-15H2,1-3H3. The number of imidazole rings is 1. The second-order valence-electron chi connectivity index (χ2n) is 8.36. The van der Waals surface area contributed by atoms with Gasteiger partial charge < -0.3 is 19.4 Å². The van der Waals surface area contributed by atoms with Gasteiger partial charge in [0.25, 0.3) is 5.91 Å². The summed E-state index contributed by atoms with van der Waals surface area (Å²) < 4.78 is 2.36. The predicted molar refractivity (Wildman–Crippen MR) is 121 cm³/mol. The number of para-hydroxylation sites is 3. The molecule has 1 saturated heterocycles. The van der Waals surface area contributed by atoms with Crippen LogP contribution in [0.2, 0.25) is 0 Å². The van der Waals surface area contributed by atoms with Crippen molar-refractivity contribution in [2.24, 2.45) is 0 Å². The van der Waals surface area contributed by atoms with Crippen molar-refractivity contribution in [1.29, 1.82) is 0 Å². The molecular weight excluding hydrogens is 374 g/mol. The number of fused-ring (bicyclic) bond motifs is 2. The number of H-pyrrole nitrogens is 1. The summed E-state index contributed by atoms with van der Waals surface area (Å²) in [6.07, 6.45) is 1.85. The lowest BCUT2D eigenvalue weighted by Gasteiger charge is -2.34. The molecule has 0 unspecified atom stereocenters. The van der Waals surface area contributed by atoms with Crippen molar-refractivity contribution in [3.8, 4) is 0 Å². The van der Waals surface area contributed by atoms with Crippen LogP contribution in [-0.4, -0.2) is 52.5 Å². The summed E-state index contributed by atoms with van der Waals surface area (Å²) in [5, 5.41) is 1.01. The summed E-state index contributed by atoms with van der Waals surface area (Å²) in [5.41, 5.74) is 4.96. The summed E-state index contributed by atoms with van der Waals surface area (Å²) in [5.74, 6) is 1.11. The number of carbonyl (C=O) groups is 1. The number of carbonyl (C=O) groups excluding carboxylic acids is 1. The van der Waals surface area contributed by atoms with E-state index in [0.717, 1.165) is 59.6 Å². The number of aromatic nitrogens is 3. The van der Waals surface area contributed by atoms with Crippen molar-refractivity contribution in [2.75, 3.05) is 32.1 Å². The molecular formula is C24H27N5O. The number of nitrogens with one attached hydrogen (secondary N) is 1. The van der Waals surface area contributed by atoms with E-state index >= 15 is 0 Å². The van der Waals surface area contributed by atoms with Gasteiger partial charge in [-0.25, -0.2) is 4.98 Å². The van der Waals surface area contributed by atoms with Gasteiger partial charge in [0.05, 0.1) is 16.6 Å². The summed E-state index contributed by atoms with van der Waals surface area (Å²) in [6, 6.07) is 16.7. The Kier molecular flexibility index (Phi) is 4.50. The van der Waals surface area contributed by atoms with E-state index in [1.54, 1.807) is 0 Å². The molecule has 154 valence electrons. The van der Waals surface area contributed by atoms with Crippen LogP contribution in [0.4, 0.5) is 5.95 Å². The van der Waals surface area contributed by atoms with Crippen LogP contribution in [0.3, 0.4) is 0 Å². The molecule has 2 aromatic carbocycles. The lowest BCUT2D eigenvalue weighted by atomic mass is 10.0. The van der Waals surface area contributed by atoms with Gasteiger partial charge in [0, 0.05) is 49.8 Å². The molecule has 0 saturated carbocycles. The molecule has 4 aromatic rings. The Bertz CT molecular complexity index is 1230. The number of rotatable bonds is 3. The van der Waals surface area contributed by atoms with Crippen LogP contribution >= 0.6 is 0 Å². The molecule has 0 aliphatic carbocycles. The van der Waals surface area contributed by atoms with Gasteiger partial charge in [0.15, 0.2) is 0 Å². The second-order valence-corrected chi connectivity index (χ2v) is 8.36. The molecule has 0 spiro atoms. The third-order valence-corrected chi connectivity index (χ3v) is 6.20. The third kappa shape index (κ3) is 2.95. The van der Waals surface area contributed by atoms with Crippen LogP contribution in [0, 0.1) is 6.92 Å². The summed E-state index contributed by atoms with van der Waals surface area (Å²) in [6.45, 7) is 3.49. The van der Waals surface area contributed by atoms with Gasteiger partial charge in [-0.3, -0.25) is 4.79 Å². The van der Waals surface area contributed by atoms with E-state index in [4.69, 9.17) is 4.98 Å². The van der Waals surface area contributed by atoms with E-state index in [2.05, 4.69) is 32.7 Å². The Morgan fingerprint density at radius 3 is 2.53 bits per heavy atom. The number of amides is 1. The Balaban J connectivity index is 1.41. The Morgan fingerprint density at radius 2 is 1.77 bits per heavy atom. The van der Waals surface area contributed by atoms with E-state index in [-0.39, 0.29) is 5.91 Å². The van der Waals surface area contributed by atoms with E-state index in [0.29, 0.717) is 6.04 Å². The highest BCUT2D eigenvalue weighted by molar-refractivity contribution is 6.08. The molecule has 0 radical (unpaired) electrons. The minimum Gasteiger partial charge on any atom is -0.358 e. The average Bonchev–Trinajstić information content (AvgIpc) is 3.31. The predicted octanol–water partition coefficient (Wildman–Crippen LogP) is 4.37. The molecule has 0 atom stereocenters. The normalized spacial score (nSPS) is 15.2. The van der Waals surface area contributed by atoms with Gasteiger partial charge in [-0.2, -0.15) is 0 Å². The Labute approximate surface area is 176 Å². The molecule has 0 bridgehead atoms. The molecule has 3 heterocycles. The van der Waals surface area contributed by atoms with Gasteiger partial charge in [0.2, 0.25) is 5.95 Å². The number of aryl methyl sites for hydroxylation is 1. The number of likely N-dealkylation sites (tertiary alicyclic amines) is 1. The lowest BCUT2D eigenvalue weighted by molar-refractivity contribution is 0.0698. The Hall–Kier alpha value is -3.28. The molecule has 2 aromatic heterocycles. The van der Waals surface area contributed by atoms with Crippen LogP contribution < -0.4 is 4.90 Å². The second kappa shape index (κ2) is 7.20. The summed E-state index contributed by atoms with van der Waals surface area (Å²) in [7, 11) is 4.08. The number of anilines is 1. The number of hydrogen-bond acceptors (Lipinski definition) is 3. The van der Waals surface area contributed by atoms with E-state index in [9.17, 15) is 4.79 Å². The largest absolute Gasteiger partial charge is 0.358 e. The first kappa shape index (κ1) is 18.7. The Morgan fingerprint density at radius 1 is 1.07 bits per heavy atom. The number of benzene rings is 2. The molecule has 30 heavy (non-hydrogen) atoms. The van der Waals surface area contributed by atoms with Crippen molar-refractivity contribution in [1.82, 2.24) is 19.4 Å². The SMILES string of the molecule is Cc1[nH]c2ccccc2c1C(=O)N1CCC(n2c(N(C)C)nc3ccccc32)CC1. The third-order valence-electron chi connectivity index (χ3n) is 6.20. The maximum absolute atomic E-state index is 13.4. The fourth-order valence-corrected chi connectivity index (χ4v) is 4.74. The average molecular weight is 402 g/mol. The minimum atomic E-state index is 0.131.